The van der Waals surface area contributed by atoms with Gasteiger partial charge in [0, 0.05) is 12.1 Å². The Morgan fingerprint density at radius 3 is 1.70 bits per heavy atom. The van der Waals surface area contributed by atoms with Crippen LogP contribution in [0.5, 0.6) is 0 Å². The summed E-state index contributed by atoms with van der Waals surface area (Å²) in [6.45, 7) is 2.32. The van der Waals surface area contributed by atoms with E-state index >= 15 is 0 Å². The molecule has 6 aromatic rings. The van der Waals surface area contributed by atoms with E-state index in [0.29, 0.717) is 24.7 Å². The summed E-state index contributed by atoms with van der Waals surface area (Å²) in [6, 6.07) is 25.7. The van der Waals surface area contributed by atoms with E-state index in [1.807, 2.05) is 22.3 Å². The molecule has 4 amide bonds. The van der Waals surface area contributed by atoms with E-state index in [2.05, 4.69) is 100 Å². The maximum atomic E-state index is 14.3. The summed E-state index contributed by atoms with van der Waals surface area (Å²) >= 11 is 3.31. The van der Waals surface area contributed by atoms with Crippen LogP contribution in [0.25, 0.3) is 44.3 Å². The number of thioether (sulfide) groups is 2. The van der Waals surface area contributed by atoms with Gasteiger partial charge < -0.3 is 39.9 Å². The first-order valence-electron chi connectivity index (χ1n) is 26.1. The van der Waals surface area contributed by atoms with Gasteiger partial charge in [-0.1, -0.05) is 55.5 Å². The molecule has 2 saturated heterocycles. The third kappa shape index (κ3) is 9.47. The molecule has 4 fully saturated rings. The number of ether oxygens (including phenoxy) is 2. The number of H-pyrrole nitrogens is 2. The van der Waals surface area contributed by atoms with Crippen molar-refractivity contribution in [3.8, 4) is 22.3 Å². The van der Waals surface area contributed by atoms with Crippen molar-refractivity contribution in [3.05, 3.63) is 107 Å². The molecule has 14 rings (SSSR count). The van der Waals surface area contributed by atoms with E-state index in [9.17, 15) is 19.2 Å². The molecule has 2 aromatic heterocycles. The topological polar surface area (TPSA) is 175 Å². The van der Waals surface area contributed by atoms with Crippen LogP contribution in [0, 0.1) is 11.8 Å². The first kappa shape index (κ1) is 49.2. The number of nitrogens with one attached hydrogen (secondary N) is 4. The zero-order valence-electron chi connectivity index (χ0n) is 42.4. The number of hydrogen-bond donors (Lipinski definition) is 4. The third-order valence-corrected chi connectivity index (χ3v) is 18.0. The minimum atomic E-state index is -0.658. The third-order valence-electron chi connectivity index (χ3n) is 16.7. The number of nitrogens with zero attached hydrogens (tertiary/aromatic N) is 4. The lowest BCUT2D eigenvalue weighted by Gasteiger charge is -2.36. The van der Waals surface area contributed by atoms with Gasteiger partial charge in [-0.2, -0.15) is 23.5 Å². The van der Waals surface area contributed by atoms with E-state index < -0.39 is 24.3 Å². The van der Waals surface area contributed by atoms with Gasteiger partial charge in [0.1, 0.15) is 23.7 Å². The van der Waals surface area contributed by atoms with E-state index in [-0.39, 0.29) is 41.9 Å². The number of carbonyl (C=O) groups is 4. The van der Waals surface area contributed by atoms with Gasteiger partial charge in [-0.25, -0.2) is 19.6 Å². The molecule has 73 heavy (non-hydrogen) atoms. The van der Waals surface area contributed by atoms with Gasteiger partial charge in [-0.3, -0.25) is 9.59 Å². The molecule has 4 unspecified atom stereocenters. The van der Waals surface area contributed by atoms with Crippen LogP contribution in [-0.2, 0) is 38.3 Å². The lowest BCUT2D eigenvalue weighted by atomic mass is 9.84. The average molecular weight is 1020 g/mol. The summed E-state index contributed by atoms with van der Waals surface area (Å²) in [4.78, 5) is 75.0. The molecular weight excluding hydrogens is 957 g/mol. The van der Waals surface area contributed by atoms with Gasteiger partial charge in [0.15, 0.2) is 0 Å². The number of amides is 4. The standard InChI is InChI=1S/C57H66N8O6S2/c1-31-24-35-9-7-32(25-42(35)36-14-18-44-48(29-36)60-52(58-44)50-38-12-16-40(26-38)64(50)54(66)46(20-22-72-4)62-56(68)70-2)6-8-33-10-11-34(31)28-43(33)37-15-19-45-49(30-37)61-53(59-45)51-39-13-17-41(27-39)65(51)55(67)47(21-23-73-5)63-57(69)71-3/h7,9-11,14-15,18-19,25,28-31,38-41,46-47,50-51H,6,8,12-13,16-17,20-24,26-27H2,1-5H3,(H,58,60)(H,59,61)(H,62,68)(H,63,69)/t31-,38?,39?,40?,41?,46+,47+,50+,51+/m1/s1. The fraction of sp³-hybridized carbons (Fsp3) is 0.474. The number of fused-ring (bicyclic) bond motifs is 6. The Kier molecular flexibility index (Phi) is 14.0. The molecule has 16 heteroatoms. The Balaban J connectivity index is 0.848. The number of methoxy groups -OCH3 is 2. The van der Waals surface area contributed by atoms with Gasteiger partial charge in [0.25, 0.3) is 0 Å². The van der Waals surface area contributed by atoms with Crippen LogP contribution in [-0.4, -0.2) is 116 Å². The summed E-state index contributed by atoms with van der Waals surface area (Å²) in [5, 5.41) is 5.65. The number of piperidine rings is 2. The van der Waals surface area contributed by atoms with Crippen LogP contribution in [0.3, 0.4) is 0 Å². The summed E-state index contributed by atoms with van der Waals surface area (Å²) < 4.78 is 9.83. The highest BCUT2D eigenvalue weighted by Gasteiger charge is 2.52. The number of aryl methyl sites for hydroxylation is 2. The summed E-state index contributed by atoms with van der Waals surface area (Å²) in [5.74, 6) is 3.83. The fourth-order valence-electron chi connectivity index (χ4n) is 13.1. The molecule has 0 spiro atoms. The predicted molar refractivity (Wildman–Crippen MR) is 289 cm³/mol. The second kappa shape index (κ2) is 20.7. The van der Waals surface area contributed by atoms with Crippen LogP contribution in [0.1, 0.15) is 110 Å². The van der Waals surface area contributed by atoms with Gasteiger partial charge in [-0.15, -0.1) is 0 Å². The predicted octanol–water partition coefficient (Wildman–Crippen LogP) is 10.3. The quantitative estimate of drug-likeness (QED) is 0.0822. The molecule has 2 saturated carbocycles. The van der Waals surface area contributed by atoms with Crippen molar-refractivity contribution in [3.63, 3.8) is 0 Å². The normalized spacial score (nSPS) is 23.7. The maximum Gasteiger partial charge on any atom is 0.407 e. The van der Waals surface area contributed by atoms with Gasteiger partial charge in [-0.05, 0) is 181 Å². The smallest absolute Gasteiger partial charge is 0.407 e. The van der Waals surface area contributed by atoms with E-state index in [1.165, 1.54) is 47.6 Å². The Morgan fingerprint density at radius 2 is 1.18 bits per heavy atom. The van der Waals surface area contributed by atoms with Crippen molar-refractivity contribution in [2.45, 2.75) is 120 Å². The molecule has 8 bridgehead atoms. The highest BCUT2D eigenvalue weighted by molar-refractivity contribution is 7.98. The van der Waals surface area contributed by atoms with Crippen LogP contribution in [0.2, 0.25) is 0 Å². The monoisotopic (exact) mass is 1020 g/mol. The Hall–Kier alpha value is -6.00. The molecular formula is C57H66N8O6S2. The average Bonchev–Trinajstić information content (AvgIpc) is 4.29. The first-order valence-corrected chi connectivity index (χ1v) is 28.9. The van der Waals surface area contributed by atoms with Crippen molar-refractivity contribution in [1.82, 2.24) is 40.4 Å². The maximum absolute atomic E-state index is 14.3. The SMILES string of the molecule is COC(=O)N[C@@H](CCSC)C(=O)N1C2CCC(C2)[C@H]1c1nc2ccc(-c3cc4ccc3CCc3ccc(c(-c5ccc6nc([C@@H]7C8CCC(C8)N7C(=O)[C@H](CCSC)NC(=O)OC)[nH]c6c5)c3)C[C@H]4C)cc2[nH]1. The second-order valence-corrected chi connectivity index (χ2v) is 23.0. The van der Waals surface area contributed by atoms with Crippen LogP contribution >= 0.6 is 23.5 Å². The number of alkyl carbamates (subject to hydrolysis) is 2. The largest absolute Gasteiger partial charge is 0.453 e. The number of benzene rings is 4. The number of hydrogen-bond acceptors (Lipinski definition) is 10. The molecule has 14 nitrogen and oxygen atoms in total. The Labute approximate surface area is 435 Å². The minimum Gasteiger partial charge on any atom is -0.453 e. The van der Waals surface area contributed by atoms with Gasteiger partial charge >= 0.3 is 12.2 Å². The number of carbonyl (C=O) groups excluding carboxylic acids is 4. The minimum absolute atomic E-state index is 0.0618. The molecule has 9 atom stereocenters. The highest BCUT2D eigenvalue weighted by Crippen LogP contribution is 2.52. The van der Waals surface area contributed by atoms with Crippen molar-refractivity contribution < 1.29 is 28.7 Å². The lowest BCUT2D eigenvalue weighted by molar-refractivity contribution is -0.139. The fourth-order valence-corrected chi connectivity index (χ4v) is 14.0. The Morgan fingerprint density at radius 1 is 0.658 bits per heavy atom. The van der Waals surface area contributed by atoms with Crippen molar-refractivity contribution in [1.29, 1.82) is 0 Å². The molecule has 8 aliphatic rings. The van der Waals surface area contributed by atoms with Gasteiger partial charge in [0.2, 0.25) is 11.8 Å². The number of imidazole rings is 2. The zero-order valence-corrected chi connectivity index (χ0v) is 44.0. The second-order valence-electron chi connectivity index (χ2n) is 21.0. The summed E-state index contributed by atoms with van der Waals surface area (Å²) in [7, 11) is 2.66. The van der Waals surface area contributed by atoms with E-state index in [1.54, 1.807) is 23.5 Å². The number of likely N-dealkylation sites (tertiary alicyclic amines) is 2. The van der Waals surface area contributed by atoms with Crippen LogP contribution in [0.15, 0.2) is 72.8 Å². The van der Waals surface area contributed by atoms with E-state index in [4.69, 9.17) is 19.4 Å². The molecule has 0 radical (unpaired) electrons. The highest BCUT2D eigenvalue weighted by atomic mass is 32.2. The Bertz CT molecular complexity index is 3080. The first-order chi connectivity index (χ1) is 35.5. The summed E-state index contributed by atoms with van der Waals surface area (Å²) in [6.07, 6.45) is 12.4. The molecule has 4 N–H and O–H groups in total. The lowest BCUT2D eigenvalue weighted by Crippen LogP contribution is -2.52. The van der Waals surface area contributed by atoms with Crippen LogP contribution < -0.4 is 10.6 Å². The number of rotatable bonds is 14. The molecule has 4 aromatic carbocycles. The molecule has 4 heterocycles. The van der Waals surface area contributed by atoms with Crippen molar-refractivity contribution in [2.24, 2.45) is 11.8 Å². The molecule has 382 valence electrons. The summed E-state index contributed by atoms with van der Waals surface area (Å²) in [5.41, 5.74) is 13.5. The number of aromatic nitrogens is 4. The van der Waals surface area contributed by atoms with Crippen LogP contribution in [0.4, 0.5) is 9.59 Å². The molecule has 2 aliphatic heterocycles. The van der Waals surface area contributed by atoms with E-state index in [0.717, 1.165) is 114 Å². The number of aromatic amines is 2. The van der Waals surface area contributed by atoms with Crippen molar-refractivity contribution in [2.75, 3.05) is 38.2 Å². The molecule has 6 aliphatic carbocycles. The van der Waals surface area contributed by atoms with Gasteiger partial charge in [0.05, 0.1) is 48.4 Å². The zero-order chi connectivity index (χ0) is 50.5. The van der Waals surface area contributed by atoms with Crippen molar-refractivity contribution >= 4 is 69.6 Å².